The molecule has 0 spiro atoms. The van der Waals surface area contributed by atoms with Crippen LogP contribution < -0.4 is 5.73 Å². The van der Waals surface area contributed by atoms with Gasteiger partial charge in [0.25, 0.3) is 0 Å². The first-order valence-electron chi connectivity index (χ1n) is 6.79. The van der Waals surface area contributed by atoms with Gasteiger partial charge in [0, 0.05) is 12.6 Å². The van der Waals surface area contributed by atoms with E-state index in [4.69, 9.17) is 5.73 Å². The van der Waals surface area contributed by atoms with Crippen LogP contribution in [-0.2, 0) is 6.54 Å². The first kappa shape index (κ1) is 12.6. The fraction of sp³-hybridized carbons (Fsp3) is 0.600. The molecule has 2 nitrogen and oxygen atoms in total. The number of piperidine rings is 1. The molecule has 1 aromatic carbocycles. The molecule has 1 heterocycles. The van der Waals surface area contributed by atoms with Crippen molar-refractivity contribution in [2.75, 3.05) is 13.1 Å². The molecule has 0 amide bonds. The summed E-state index contributed by atoms with van der Waals surface area (Å²) in [6, 6.07) is 11.5. The van der Waals surface area contributed by atoms with Crippen molar-refractivity contribution in [3.05, 3.63) is 35.9 Å². The quantitative estimate of drug-likeness (QED) is 0.864. The average molecular weight is 232 g/mol. The third kappa shape index (κ3) is 3.30. The van der Waals surface area contributed by atoms with Crippen LogP contribution in [0.5, 0.6) is 0 Å². The van der Waals surface area contributed by atoms with Crippen molar-refractivity contribution in [3.8, 4) is 0 Å². The maximum atomic E-state index is 5.70. The number of benzene rings is 1. The second kappa shape index (κ2) is 6.18. The Morgan fingerprint density at radius 3 is 2.76 bits per heavy atom. The van der Waals surface area contributed by atoms with E-state index in [0.717, 1.165) is 19.0 Å². The van der Waals surface area contributed by atoms with E-state index in [1.807, 2.05) is 0 Å². The molecular weight excluding hydrogens is 208 g/mol. The molecule has 1 aliphatic heterocycles. The fourth-order valence-electron chi connectivity index (χ4n) is 2.94. The molecule has 2 unspecified atom stereocenters. The van der Waals surface area contributed by atoms with Crippen LogP contribution in [0.2, 0.25) is 0 Å². The van der Waals surface area contributed by atoms with E-state index in [1.54, 1.807) is 0 Å². The third-order valence-electron chi connectivity index (χ3n) is 4.04. The van der Waals surface area contributed by atoms with Gasteiger partial charge in [0.1, 0.15) is 0 Å². The van der Waals surface area contributed by atoms with Gasteiger partial charge in [0.05, 0.1) is 0 Å². The van der Waals surface area contributed by atoms with Crippen molar-refractivity contribution in [3.63, 3.8) is 0 Å². The summed E-state index contributed by atoms with van der Waals surface area (Å²) in [5.74, 6) is 0.789. The normalized spacial score (nSPS) is 26.0. The Kier molecular flexibility index (Phi) is 4.57. The predicted octanol–water partition coefficient (Wildman–Crippen LogP) is 2.64. The molecule has 0 aromatic heterocycles. The van der Waals surface area contributed by atoms with E-state index in [1.165, 1.54) is 31.4 Å². The van der Waals surface area contributed by atoms with E-state index in [2.05, 4.69) is 42.2 Å². The van der Waals surface area contributed by atoms with Crippen LogP contribution in [0.25, 0.3) is 0 Å². The smallest absolute Gasteiger partial charge is 0.0236 e. The lowest BCUT2D eigenvalue weighted by atomic mass is 9.87. The third-order valence-corrected chi connectivity index (χ3v) is 4.04. The molecule has 0 saturated carbocycles. The van der Waals surface area contributed by atoms with Crippen LogP contribution in [0.1, 0.15) is 31.7 Å². The summed E-state index contributed by atoms with van der Waals surface area (Å²) in [5, 5.41) is 0. The van der Waals surface area contributed by atoms with Crippen molar-refractivity contribution in [2.24, 2.45) is 11.7 Å². The molecule has 2 heteroatoms. The Labute approximate surface area is 105 Å². The summed E-state index contributed by atoms with van der Waals surface area (Å²) in [7, 11) is 0. The maximum absolute atomic E-state index is 5.70. The Morgan fingerprint density at radius 1 is 1.29 bits per heavy atom. The van der Waals surface area contributed by atoms with Gasteiger partial charge in [0.2, 0.25) is 0 Å². The molecule has 0 radical (unpaired) electrons. The monoisotopic (exact) mass is 232 g/mol. The van der Waals surface area contributed by atoms with Crippen LogP contribution in [-0.4, -0.2) is 24.0 Å². The largest absolute Gasteiger partial charge is 0.330 e. The number of hydrogen-bond donors (Lipinski definition) is 1. The number of likely N-dealkylation sites (tertiary alicyclic amines) is 1. The lowest BCUT2D eigenvalue weighted by molar-refractivity contribution is 0.0940. The van der Waals surface area contributed by atoms with Gasteiger partial charge < -0.3 is 5.73 Å². The number of rotatable bonds is 4. The van der Waals surface area contributed by atoms with Gasteiger partial charge in [-0.1, -0.05) is 30.3 Å². The average Bonchev–Trinajstić information content (AvgIpc) is 2.36. The second-order valence-corrected chi connectivity index (χ2v) is 5.18. The first-order valence-corrected chi connectivity index (χ1v) is 6.79. The standard InChI is InChI=1S/C15H24N2/c1-13-15(9-10-16)8-5-11-17(13)12-14-6-3-2-4-7-14/h2-4,6-7,13,15H,5,8-12,16H2,1H3. The van der Waals surface area contributed by atoms with Crippen molar-refractivity contribution >= 4 is 0 Å². The maximum Gasteiger partial charge on any atom is 0.0236 e. The lowest BCUT2D eigenvalue weighted by Gasteiger charge is -2.39. The second-order valence-electron chi connectivity index (χ2n) is 5.18. The highest BCUT2D eigenvalue weighted by Gasteiger charge is 2.26. The fourth-order valence-corrected chi connectivity index (χ4v) is 2.94. The zero-order chi connectivity index (χ0) is 12.1. The van der Waals surface area contributed by atoms with Gasteiger partial charge in [-0.3, -0.25) is 4.90 Å². The van der Waals surface area contributed by atoms with E-state index < -0.39 is 0 Å². The highest BCUT2D eigenvalue weighted by Crippen LogP contribution is 2.27. The minimum Gasteiger partial charge on any atom is -0.330 e. The number of nitrogens with two attached hydrogens (primary N) is 1. The Hall–Kier alpha value is -0.860. The van der Waals surface area contributed by atoms with Gasteiger partial charge in [-0.25, -0.2) is 0 Å². The van der Waals surface area contributed by atoms with Gasteiger partial charge in [0.15, 0.2) is 0 Å². The van der Waals surface area contributed by atoms with Gasteiger partial charge >= 0.3 is 0 Å². The summed E-state index contributed by atoms with van der Waals surface area (Å²) in [5.41, 5.74) is 7.12. The Balaban J connectivity index is 1.96. The minimum absolute atomic E-state index is 0.674. The Bertz CT molecular complexity index is 321. The zero-order valence-corrected chi connectivity index (χ0v) is 10.8. The summed E-state index contributed by atoms with van der Waals surface area (Å²) in [4.78, 5) is 2.61. The molecular formula is C15H24N2. The molecule has 2 rings (SSSR count). The van der Waals surface area contributed by atoms with Crippen LogP contribution in [0, 0.1) is 5.92 Å². The van der Waals surface area contributed by atoms with Crippen LogP contribution >= 0.6 is 0 Å². The lowest BCUT2D eigenvalue weighted by Crippen LogP contribution is -2.43. The van der Waals surface area contributed by atoms with Gasteiger partial charge in [-0.15, -0.1) is 0 Å². The molecule has 1 saturated heterocycles. The molecule has 1 fully saturated rings. The summed E-state index contributed by atoms with van der Waals surface area (Å²) < 4.78 is 0. The number of nitrogens with zero attached hydrogens (tertiary/aromatic N) is 1. The van der Waals surface area contributed by atoms with E-state index in [9.17, 15) is 0 Å². The molecule has 1 aromatic rings. The number of hydrogen-bond acceptors (Lipinski definition) is 2. The molecule has 17 heavy (non-hydrogen) atoms. The SMILES string of the molecule is CC1C(CCN)CCCN1Cc1ccccc1. The van der Waals surface area contributed by atoms with Gasteiger partial charge in [-0.2, -0.15) is 0 Å². The summed E-state index contributed by atoms with van der Waals surface area (Å²) in [6.45, 7) is 5.51. The van der Waals surface area contributed by atoms with E-state index >= 15 is 0 Å². The predicted molar refractivity (Wildman–Crippen MR) is 72.7 cm³/mol. The van der Waals surface area contributed by atoms with Crippen molar-refractivity contribution < 1.29 is 0 Å². The molecule has 0 bridgehead atoms. The van der Waals surface area contributed by atoms with Crippen LogP contribution in [0.15, 0.2) is 30.3 Å². The van der Waals surface area contributed by atoms with Crippen molar-refractivity contribution in [1.29, 1.82) is 0 Å². The van der Waals surface area contributed by atoms with Crippen LogP contribution in [0.3, 0.4) is 0 Å². The van der Waals surface area contributed by atoms with Crippen molar-refractivity contribution in [2.45, 2.75) is 38.8 Å². The zero-order valence-electron chi connectivity index (χ0n) is 10.8. The highest BCUT2D eigenvalue weighted by molar-refractivity contribution is 5.14. The van der Waals surface area contributed by atoms with Gasteiger partial charge in [-0.05, 0) is 50.8 Å². The summed E-state index contributed by atoms with van der Waals surface area (Å²) in [6.07, 6.45) is 3.85. The summed E-state index contributed by atoms with van der Waals surface area (Å²) >= 11 is 0. The molecule has 2 atom stereocenters. The van der Waals surface area contributed by atoms with Crippen molar-refractivity contribution in [1.82, 2.24) is 4.90 Å². The first-order chi connectivity index (χ1) is 8.31. The topological polar surface area (TPSA) is 29.3 Å². The highest BCUT2D eigenvalue weighted by atomic mass is 15.2. The van der Waals surface area contributed by atoms with Crippen LogP contribution in [0.4, 0.5) is 0 Å². The minimum atomic E-state index is 0.674. The van der Waals surface area contributed by atoms with E-state index in [0.29, 0.717) is 6.04 Å². The molecule has 1 aliphatic rings. The molecule has 2 N–H and O–H groups in total. The molecule has 94 valence electrons. The Morgan fingerprint density at radius 2 is 2.06 bits per heavy atom. The van der Waals surface area contributed by atoms with E-state index in [-0.39, 0.29) is 0 Å². The molecule has 0 aliphatic carbocycles.